The fourth-order valence-corrected chi connectivity index (χ4v) is 1.28. The van der Waals surface area contributed by atoms with Crippen LogP contribution in [0.25, 0.3) is 0 Å². The van der Waals surface area contributed by atoms with Crippen LogP contribution in [0.5, 0.6) is 5.75 Å². The van der Waals surface area contributed by atoms with E-state index in [1.165, 1.54) is 0 Å². The van der Waals surface area contributed by atoms with E-state index in [2.05, 4.69) is 15.3 Å². The topological polar surface area (TPSA) is 90.1 Å². The van der Waals surface area contributed by atoms with Crippen molar-refractivity contribution >= 4 is 17.5 Å². The summed E-state index contributed by atoms with van der Waals surface area (Å²) in [4.78, 5) is 19.3. The zero-order valence-corrected chi connectivity index (χ0v) is 9.54. The largest absolute Gasteiger partial charge is 0.484 e. The smallest absolute Gasteiger partial charge is 0.264 e. The Balaban J connectivity index is 1.85. The normalized spacial score (nSPS) is 9.78. The van der Waals surface area contributed by atoms with Gasteiger partial charge in [-0.3, -0.25) is 10.1 Å². The molecule has 0 saturated heterocycles. The maximum absolute atomic E-state index is 11.5. The minimum atomic E-state index is -0.330. The van der Waals surface area contributed by atoms with Crippen molar-refractivity contribution in [3.05, 3.63) is 42.7 Å². The first-order valence-electron chi connectivity index (χ1n) is 5.29. The summed E-state index contributed by atoms with van der Waals surface area (Å²) in [5.41, 5.74) is 6.17. The first kappa shape index (κ1) is 11.8. The molecule has 0 aliphatic heterocycles. The zero-order valence-electron chi connectivity index (χ0n) is 9.54. The van der Waals surface area contributed by atoms with Crippen molar-refractivity contribution in [2.24, 2.45) is 0 Å². The van der Waals surface area contributed by atoms with Crippen LogP contribution >= 0.6 is 0 Å². The second kappa shape index (κ2) is 5.62. The molecule has 92 valence electrons. The third-order valence-electron chi connectivity index (χ3n) is 2.05. The lowest BCUT2D eigenvalue weighted by molar-refractivity contribution is -0.118. The number of aromatic nitrogens is 2. The molecule has 3 N–H and O–H groups in total. The SMILES string of the molecule is Nc1cccc(OCC(=O)Nc2ncccn2)c1. The average Bonchev–Trinajstić information content (AvgIpc) is 2.38. The highest BCUT2D eigenvalue weighted by Gasteiger charge is 2.04. The van der Waals surface area contributed by atoms with Crippen LogP contribution in [-0.2, 0) is 4.79 Å². The Morgan fingerprint density at radius 2 is 2.06 bits per heavy atom. The van der Waals surface area contributed by atoms with Crippen LogP contribution in [0.2, 0.25) is 0 Å². The van der Waals surface area contributed by atoms with Gasteiger partial charge >= 0.3 is 0 Å². The first-order valence-corrected chi connectivity index (χ1v) is 5.29. The van der Waals surface area contributed by atoms with Gasteiger partial charge in [0.1, 0.15) is 5.75 Å². The Morgan fingerprint density at radius 1 is 1.28 bits per heavy atom. The third-order valence-corrected chi connectivity index (χ3v) is 2.05. The van der Waals surface area contributed by atoms with Crippen LogP contribution in [0, 0.1) is 0 Å². The molecular formula is C12H12N4O2. The lowest BCUT2D eigenvalue weighted by Gasteiger charge is -2.06. The van der Waals surface area contributed by atoms with Crippen molar-refractivity contribution in [2.75, 3.05) is 17.7 Å². The third kappa shape index (κ3) is 3.44. The highest BCUT2D eigenvalue weighted by atomic mass is 16.5. The molecule has 0 fully saturated rings. The summed E-state index contributed by atoms with van der Waals surface area (Å²) in [6, 6.07) is 8.53. The van der Waals surface area contributed by atoms with Gasteiger partial charge in [-0.05, 0) is 18.2 Å². The Hall–Kier alpha value is -2.63. The van der Waals surface area contributed by atoms with Crippen LogP contribution in [0.1, 0.15) is 0 Å². The molecule has 1 aromatic carbocycles. The van der Waals surface area contributed by atoms with Crippen molar-refractivity contribution in [1.29, 1.82) is 0 Å². The minimum Gasteiger partial charge on any atom is -0.484 e. The van der Waals surface area contributed by atoms with E-state index in [-0.39, 0.29) is 18.5 Å². The van der Waals surface area contributed by atoms with Gasteiger partial charge in [0.05, 0.1) is 0 Å². The number of amides is 1. The molecule has 0 unspecified atom stereocenters. The summed E-state index contributed by atoms with van der Waals surface area (Å²) in [5.74, 6) is 0.460. The molecule has 6 heteroatoms. The standard InChI is InChI=1S/C12H12N4O2/c13-9-3-1-4-10(7-9)18-8-11(17)16-12-14-5-2-6-15-12/h1-7H,8,13H2,(H,14,15,16,17). The number of ether oxygens (including phenoxy) is 1. The van der Waals surface area contributed by atoms with Gasteiger partial charge in [-0.15, -0.1) is 0 Å². The number of rotatable bonds is 4. The van der Waals surface area contributed by atoms with Gasteiger partial charge < -0.3 is 10.5 Å². The maximum atomic E-state index is 11.5. The molecule has 0 spiro atoms. The number of nitrogens with zero attached hydrogens (tertiary/aromatic N) is 2. The second-order valence-electron chi connectivity index (χ2n) is 3.48. The molecule has 0 atom stereocenters. The van der Waals surface area contributed by atoms with E-state index < -0.39 is 0 Å². The number of carbonyl (C=O) groups is 1. The summed E-state index contributed by atoms with van der Waals surface area (Å²) in [7, 11) is 0. The molecular weight excluding hydrogens is 232 g/mol. The Bertz CT molecular complexity index is 531. The number of hydrogen-bond acceptors (Lipinski definition) is 5. The van der Waals surface area contributed by atoms with Crippen LogP contribution in [0.15, 0.2) is 42.7 Å². The molecule has 2 rings (SSSR count). The lowest BCUT2D eigenvalue weighted by Crippen LogP contribution is -2.21. The van der Waals surface area contributed by atoms with E-state index in [1.807, 2.05) is 0 Å². The molecule has 1 heterocycles. The van der Waals surface area contributed by atoms with E-state index >= 15 is 0 Å². The van der Waals surface area contributed by atoms with Crippen molar-refractivity contribution in [3.63, 3.8) is 0 Å². The highest BCUT2D eigenvalue weighted by Crippen LogP contribution is 2.14. The van der Waals surface area contributed by atoms with E-state index in [1.54, 1.807) is 42.7 Å². The number of nitrogens with two attached hydrogens (primary N) is 1. The summed E-state index contributed by atoms with van der Waals surface area (Å²) in [6.07, 6.45) is 3.09. The highest BCUT2D eigenvalue weighted by molar-refractivity contribution is 5.90. The van der Waals surface area contributed by atoms with Crippen LogP contribution in [0.4, 0.5) is 11.6 Å². The number of hydrogen-bond donors (Lipinski definition) is 2. The molecule has 0 saturated carbocycles. The summed E-state index contributed by atoms with van der Waals surface area (Å²) in [6.45, 7) is -0.123. The summed E-state index contributed by atoms with van der Waals surface area (Å²) < 4.78 is 5.27. The number of nitrogens with one attached hydrogen (secondary N) is 1. The molecule has 0 radical (unpaired) electrons. The molecule has 1 amide bonds. The maximum Gasteiger partial charge on any atom is 0.264 e. The van der Waals surface area contributed by atoms with Gasteiger partial charge in [0, 0.05) is 24.1 Å². The van der Waals surface area contributed by atoms with Crippen molar-refractivity contribution in [3.8, 4) is 5.75 Å². The Kier molecular flexibility index (Phi) is 3.70. The van der Waals surface area contributed by atoms with Crippen molar-refractivity contribution in [2.45, 2.75) is 0 Å². The van der Waals surface area contributed by atoms with E-state index in [4.69, 9.17) is 10.5 Å². The average molecular weight is 244 g/mol. The molecule has 0 aliphatic carbocycles. The van der Waals surface area contributed by atoms with Gasteiger partial charge in [-0.25, -0.2) is 9.97 Å². The molecule has 18 heavy (non-hydrogen) atoms. The monoisotopic (exact) mass is 244 g/mol. The Morgan fingerprint density at radius 3 is 2.78 bits per heavy atom. The number of anilines is 2. The van der Waals surface area contributed by atoms with Gasteiger partial charge in [0.2, 0.25) is 5.95 Å². The molecule has 0 bridgehead atoms. The minimum absolute atomic E-state index is 0.123. The Labute approximate surface area is 104 Å². The van der Waals surface area contributed by atoms with Crippen molar-refractivity contribution < 1.29 is 9.53 Å². The van der Waals surface area contributed by atoms with Crippen molar-refractivity contribution in [1.82, 2.24) is 9.97 Å². The second-order valence-corrected chi connectivity index (χ2v) is 3.48. The summed E-state index contributed by atoms with van der Waals surface area (Å²) in [5, 5.41) is 2.51. The number of benzene rings is 1. The first-order chi connectivity index (χ1) is 8.74. The van der Waals surface area contributed by atoms with E-state index in [0.29, 0.717) is 11.4 Å². The predicted molar refractivity (Wildman–Crippen MR) is 67.0 cm³/mol. The fourth-order valence-electron chi connectivity index (χ4n) is 1.28. The number of nitrogen functional groups attached to an aromatic ring is 1. The number of carbonyl (C=O) groups excluding carboxylic acids is 1. The van der Waals surface area contributed by atoms with Gasteiger partial charge in [-0.1, -0.05) is 6.07 Å². The molecule has 2 aromatic rings. The summed E-state index contributed by atoms with van der Waals surface area (Å²) >= 11 is 0. The quantitative estimate of drug-likeness (QED) is 0.785. The fraction of sp³-hybridized carbons (Fsp3) is 0.0833. The van der Waals surface area contributed by atoms with Gasteiger partial charge in [0.15, 0.2) is 6.61 Å². The lowest BCUT2D eigenvalue weighted by atomic mass is 10.3. The predicted octanol–water partition coefficient (Wildman–Crippen LogP) is 1.08. The van der Waals surface area contributed by atoms with Crippen LogP contribution < -0.4 is 15.8 Å². The zero-order chi connectivity index (χ0) is 12.8. The van der Waals surface area contributed by atoms with Gasteiger partial charge in [0.25, 0.3) is 5.91 Å². The van der Waals surface area contributed by atoms with E-state index in [0.717, 1.165) is 0 Å². The van der Waals surface area contributed by atoms with Crippen LogP contribution in [0.3, 0.4) is 0 Å². The molecule has 1 aromatic heterocycles. The van der Waals surface area contributed by atoms with Crippen LogP contribution in [-0.4, -0.2) is 22.5 Å². The molecule has 0 aliphatic rings. The molecule has 6 nitrogen and oxygen atoms in total. The van der Waals surface area contributed by atoms with E-state index in [9.17, 15) is 4.79 Å². The van der Waals surface area contributed by atoms with Gasteiger partial charge in [-0.2, -0.15) is 0 Å².